The van der Waals surface area contributed by atoms with E-state index in [0.29, 0.717) is 0 Å². The summed E-state index contributed by atoms with van der Waals surface area (Å²) in [6, 6.07) is 0. The number of rotatable bonds is 2. The third-order valence-electron chi connectivity index (χ3n) is 1.41. The molecule has 1 N–H and O–H groups in total. The average molecular weight is 210 g/mol. The Hall–Kier alpha value is -1.10. The maximum atomic E-state index is 12.1. The second kappa shape index (κ2) is 3.74. The van der Waals surface area contributed by atoms with Crippen molar-refractivity contribution in [1.82, 2.24) is 4.98 Å². The fourth-order valence-electron chi connectivity index (χ4n) is 0.777. The molecule has 72 valence electrons. The molecule has 13 heavy (non-hydrogen) atoms. The van der Waals surface area contributed by atoms with E-state index >= 15 is 0 Å². The molecule has 1 aromatic heterocycles. The fourth-order valence-corrected chi connectivity index (χ4v) is 1.000. The molecule has 3 nitrogen and oxygen atoms in total. The van der Waals surface area contributed by atoms with Crippen LogP contribution in [-0.2, 0) is 0 Å². The van der Waals surface area contributed by atoms with Crippen LogP contribution in [0.1, 0.15) is 12.1 Å². The third kappa shape index (κ3) is 1.80. The van der Waals surface area contributed by atoms with Gasteiger partial charge in [0.25, 0.3) is 6.43 Å². The van der Waals surface area contributed by atoms with E-state index in [-0.39, 0.29) is 10.8 Å². The van der Waals surface area contributed by atoms with Gasteiger partial charge in [-0.25, -0.2) is 13.8 Å². The molecular formula is C7H6ClF2NO2. The molecule has 0 radical (unpaired) electrons. The van der Waals surface area contributed by atoms with Gasteiger partial charge < -0.3 is 9.84 Å². The molecule has 0 aliphatic heterocycles. The van der Waals surface area contributed by atoms with Crippen LogP contribution >= 0.6 is 11.6 Å². The molecular weight excluding hydrogens is 204 g/mol. The Morgan fingerprint density at radius 2 is 2.23 bits per heavy atom. The van der Waals surface area contributed by atoms with E-state index in [1.165, 1.54) is 7.11 Å². The molecule has 6 heteroatoms. The maximum absolute atomic E-state index is 12.1. The summed E-state index contributed by atoms with van der Waals surface area (Å²) in [5.74, 6) is -0.681. The SMILES string of the molecule is COc1cnc(C(F)F)c(O)c1Cl. The molecule has 0 fully saturated rings. The van der Waals surface area contributed by atoms with Crippen molar-refractivity contribution in [2.24, 2.45) is 0 Å². The highest BCUT2D eigenvalue weighted by molar-refractivity contribution is 6.33. The summed E-state index contributed by atoms with van der Waals surface area (Å²) in [6.07, 6.45) is -1.83. The normalized spacial score (nSPS) is 10.5. The Bertz CT molecular complexity index is 320. The van der Waals surface area contributed by atoms with Gasteiger partial charge in [-0.2, -0.15) is 0 Å². The van der Waals surface area contributed by atoms with Crippen molar-refractivity contribution in [3.8, 4) is 11.5 Å². The zero-order chi connectivity index (χ0) is 10.0. The van der Waals surface area contributed by atoms with Crippen LogP contribution in [0.25, 0.3) is 0 Å². The third-order valence-corrected chi connectivity index (χ3v) is 1.78. The van der Waals surface area contributed by atoms with Gasteiger partial charge in [-0.3, -0.25) is 0 Å². The van der Waals surface area contributed by atoms with E-state index in [4.69, 9.17) is 16.7 Å². The molecule has 0 atom stereocenters. The van der Waals surface area contributed by atoms with Gasteiger partial charge in [0.2, 0.25) is 0 Å². The Balaban J connectivity index is 3.23. The Labute approximate surface area is 77.9 Å². The van der Waals surface area contributed by atoms with Crippen LogP contribution in [0.2, 0.25) is 5.02 Å². The minimum Gasteiger partial charge on any atom is -0.504 e. The number of hydrogen-bond donors (Lipinski definition) is 1. The second-order valence-electron chi connectivity index (χ2n) is 2.18. The van der Waals surface area contributed by atoms with Crippen molar-refractivity contribution in [3.63, 3.8) is 0 Å². The molecule has 0 saturated carbocycles. The lowest BCUT2D eigenvalue weighted by atomic mass is 10.3. The van der Waals surface area contributed by atoms with Crippen molar-refractivity contribution in [2.75, 3.05) is 7.11 Å². The number of alkyl halides is 2. The molecule has 0 unspecified atom stereocenters. The summed E-state index contributed by atoms with van der Waals surface area (Å²) in [5, 5.41) is 8.87. The van der Waals surface area contributed by atoms with Crippen molar-refractivity contribution in [1.29, 1.82) is 0 Å². The number of nitrogens with zero attached hydrogens (tertiary/aromatic N) is 1. The highest BCUT2D eigenvalue weighted by Gasteiger charge is 2.19. The molecule has 0 spiro atoms. The van der Waals surface area contributed by atoms with Crippen LogP contribution in [0.3, 0.4) is 0 Å². The van der Waals surface area contributed by atoms with Crippen molar-refractivity contribution < 1.29 is 18.6 Å². The van der Waals surface area contributed by atoms with Gasteiger partial charge in [-0.1, -0.05) is 11.6 Å². The molecule has 0 amide bonds. The lowest BCUT2D eigenvalue weighted by molar-refractivity contribution is 0.141. The monoisotopic (exact) mass is 209 g/mol. The predicted octanol–water partition coefficient (Wildman–Crippen LogP) is 2.39. The van der Waals surface area contributed by atoms with Gasteiger partial charge in [0.05, 0.1) is 13.3 Å². The number of pyridine rings is 1. The Morgan fingerprint density at radius 1 is 1.62 bits per heavy atom. The van der Waals surface area contributed by atoms with Crippen LogP contribution in [-0.4, -0.2) is 17.2 Å². The Morgan fingerprint density at radius 3 is 2.69 bits per heavy atom. The number of hydrogen-bond acceptors (Lipinski definition) is 3. The zero-order valence-corrected chi connectivity index (χ0v) is 7.35. The summed E-state index contributed by atoms with van der Waals surface area (Å²) in [5.41, 5.74) is -0.745. The minimum absolute atomic E-state index is 0.0589. The minimum atomic E-state index is -2.86. The van der Waals surface area contributed by atoms with Crippen molar-refractivity contribution in [3.05, 3.63) is 16.9 Å². The first-order valence-electron chi connectivity index (χ1n) is 3.27. The number of aromatic hydroxyl groups is 1. The van der Waals surface area contributed by atoms with Crippen LogP contribution in [0, 0.1) is 0 Å². The fraction of sp³-hybridized carbons (Fsp3) is 0.286. The molecule has 1 aromatic rings. The van der Waals surface area contributed by atoms with Crippen LogP contribution in [0.4, 0.5) is 8.78 Å². The van der Waals surface area contributed by atoms with Gasteiger partial charge in [0, 0.05) is 0 Å². The molecule has 0 saturated heterocycles. The van der Waals surface area contributed by atoms with E-state index in [1.54, 1.807) is 0 Å². The first-order chi connectivity index (χ1) is 6.07. The van der Waals surface area contributed by atoms with Crippen LogP contribution < -0.4 is 4.74 Å². The molecule has 0 aromatic carbocycles. The molecule has 0 aliphatic rings. The van der Waals surface area contributed by atoms with Crippen LogP contribution in [0.15, 0.2) is 6.20 Å². The highest BCUT2D eigenvalue weighted by atomic mass is 35.5. The topological polar surface area (TPSA) is 42.4 Å². The highest BCUT2D eigenvalue weighted by Crippen LogP contribution is 2.37. The molecule has 0 aliphatic carbocycles. The average Bonchev–Trinajstić information content (AvgIpc) is 2.09. The summed E-state index contributed by atoms with van der Waals surface area (Å²) < 4.78 is 28.9. The first kappa shape index (κ1) is 9.98. The number of methoxy groups -OCH3 is 1. The van der Waals surface area contributed by atoms with E-state index in [9.17, 15) is 8.78 Å². The Kier molecular flexibility index (Phi) is 2.87. The summed E-state index contributed by atoms with van der Waals surface area (Å²) in [7, 11) is 1.30. The predicted molar refractivity (Wildman–Crippen MR) is 42.4 cm³/mol. The maximum Gasteiger partial charge on any atom is 0.284 e. The van der Waals surface area contributed by atoms with Crippen LogP contribution in [0.5, 0.6) is 11.5 Å². The largest absolute Gasteiger partial charge is 0.504 e. The second-order valence-corrected chi connectivity index (χ2v) is 2.55. The smallest absolute Gasteiger partial charge is 0.284 e. The van der Waals surface area contributed by atoms with Gasteiger partial charge >= 0.3 is 0 Å². The molecule has 1 heterocycles. The zero-order valence-electron chi connectivity index (χ0n) is 6.59. The molecule has 1 rings (SSSR count). The number of halogens is 3. The van der Waals surface area contributed by atoms with E-state index in [1.807, 2.05) is 0 Å². The van der Waals surface area contributed by atoms with E-state index < -0.39 is 17.9 Å². The van der Waals surface area contributed by atoms with E-state index in [2.05, 4.69) is 9.72 Å². The standard InChI is InChI=1S/C7H6ClF2NO2/c1-13-3-2-11-5(7(9)10)6(12)4(3)8/h2,7,12H,1H3. The summed E-state index contributed by atoms with van der Waals surface area (Å²) in [6.45, 7) is 0. The number of ether oxygens (including phenoxy) is 1. The number of aromatic nitrogens is 1. The van der Waals surface area contributed by atoms with E-state index in [0.717, 1.165) is 6.20 Å². The van der Waals surface area contributed by atoms with Gasteiger partial charge in [0.1, 0.15) is 10.7 Å². The van der Waals surface area contributed by atoms with Gasteiger partial charge in [0.15, 0.2) is 11.5 Å². The van der Waals surface area contributed by atoms with Gasteiger partial charge in [-0.05, 0) is 0 Å². The first-order valence-corrected chi connectivity index (χ1v) is 3.65. The summed E-state index contributed by atoms with van der Waals surface area (Å²) >= 11 is 5.49. The van der Waals surface area contributed by atoms with Gasteiger partial charge in [-0.15, -0.1) is 0 Å². The lowest BCUT2D eigenvalue weighted by Gasteiger charge is -2.07. The van der Waals surface area contributed by atoms with Crippen molar-refractivity contribution in [2.45, 2.75) is 6.43 Å². The lowest BCUT2D eigenvalue weighted by Crippen LogP contribution is -1.94. The molecule has 0 bridgehead atoms. The van der Waals surface area contributed by atoms with Crippen molar-refractivity contribution >= 4 is 11.6 Å². The quantitative estimate of drug-likeness (QED) is 0.813. The summed E-state index contributed by atoms with van der Waals surface area (Å²) in [4.78, 5) is 3.30.